The van der Waals surface area contributed by atoms with Crippen LogP contribution in [0.5, 0.6) is 0 Å². The molecule has 0 aliphatic carbocycles. The molecule has 1 fully saturated rings. The number of rotatable bonds is 2. The summed E-state index contributed by atoms with van der Waals surface area (Å²) in [6.45, 7) is 3.48. The molecule has 7 nitrogen and oxygen atoms in total. The van der Waals surface area contributed by atoms with Gasteiger partial charge in [-0.3, -0.25) is 0 Å². The first-order chi connectivity index (χ1) is 9.08. The van der Waals surface area contributed by atoms with Gasteiger partial charge in [0.15, 0.2) is 0 Å². The van der Waals surface area contributed by atoms with Crippen molar-refractivity contribution in [3.63, 3.8) is 0 Å². The molecule has 102 valence electrons. The Balaban J connectivity index is 2.00. The molecular weight excluding hydrogens is 250 g/mol. The van der Waals surface area contributed by atoms with Crippen molar-refractivity contribution in [1.29, 1.82) is 0 Å². The van der Waals surface area contributed by atoms with E-state index in [0.29, 0.717) is 25.4 Å². The van der Waals surface area contributed by atoms with Crippen LogP contribution >= 0.6 is 0 Å². The fourth-order valence-electron chi connectivity index (χ4n) is 1.82. The summed E-state index contributed by atoms with van der Waals surface area (Å²) in [4.78, 5) is 28.1. The summed E-state index contributed by atoms with van der Waals surface area (Å²) in [6, 6.07) is 2.64. The third-order valence-electron chi connectivity index (χ3n) is 2.86. The lowest BCUT2D eigenvalue weighted by Gasteiger charge is -2.33. The third kappa shape index (κ3) is 3.19. The van der Waals surface area contributed by atoms with Gasteiger partial charge in [0.25, 0.3) is 0 Å². The maximum atomic E-state index is 12.0. The lowest BCUT2D eigenvalue weighted by Crippen LogP contribution is -2.48. The van der Waals surface area contributed by atoms with Crippen LogP contribution in [0.2, 0.25) is 0 Å². The zero-order valence-corrected chi connectivity index (χ0v) is 10.5. The minimum atomic E-state index is -1.10. The number of carbonyl (C=O) groups excluding carboxylic acids is 1. The van der Waals surface area contributed by atoms with Crippen LogP contribution < -0.4 is 5.32 Å². The van der Waals surface area contributed by atoms with Crippen LogP contribution in [0.1, 0.15) is 17.4 Å². The van der Waals surface area contributed by atoms with Crippen molar-refractivity contribution < 1.29 is 19.4 Å². The lowest BCUT2D eigenvalue weighted by molar-refractivity contribution is 0.0222. The van der Waals surface area contributed by atoms with Crippen molar-refractivity contribution in [3.8, 4) is 0 Å². The number of hydrogen-bond acceptors (Lipinski definition) is 4. The summed E-state index contributed by atoms with van der Waals surface area (Å²) in [7, 11) is 0. The first-order valence-corrected chi connectivity index (χ1v) is 5.92. The molecule has 2 heterocycles. The van der Waals surface area contributed by atoms with E-state index in [0.717, 1.165) is 0 Å². The monoisotopic (exact) mass is 265 g/mol. The van der Waals surface area contributed by atoms with E-state index in [-0.39, 0.29) is 17.8 Å². The van der Waals surface area contributed by atoms with Crippen LogP contribution in [-0.2, 0) is 4.74 Å². The highest BCUT2D eigenvalue weighted by Crippen LogP contribution is 2.11. The number of pyridine rings is 1. The number of amides is 2. The highest BCUT2D eigenvalue weighted by molar-refractivity contribution is 5.90. The van der Waals surface area contributed by atoms with Crippen LogP contribution in [0.25, 0.3) is 0 Å². The standard InChI is InChI=1S/C12H15N3O4/c1-8-7-19-5-4-15(8)12(18)14-9-2-3-10(11(16)17)13-6-9/h2-3,6,8H,4-5,7H2,1H3,(H,14,18)(H,16,17). The summed E-state index contributed by atoms with van der Waals surface area (Å²) in [5.41, 5.74) is 0.409. The molecule has 0 radical (unpaired) electrons. The van der Waals surface area contributed by atoms with E-state index < -0.39 is 5.97 Å². The van der Waals surface area contributed by atoms with Crippen LogP contribution in [0, 0.1) is 0 Å². The topological polar surface area (TPSA) is 91.8 Å². The van der Waals surface area contributed by atoms with Gasteiger partial charge in [-0.15, -0.1) is 0 Å². The second-order valence-electron chi connectivity index (χ2n) is 4.28. The van der Waals surface area contributed by atoms with E-state index >= 15 is 0 Å². The summed E-state index contributed by atoms with van der Waals surface area (Å²) in [6.07, 6.45) is 1.33. The Hall–Kier alpha value is -2.15. The van der Waals surface area contributed by atoms with Gasteiger partial charge in [-0.05, 0) is 19.1 Å². The van der Waals surface area contributed by atoms with E-state index in [2.05, 4.69) is 10.3 Å². The van der Waals surface area contributed by atoms with Gasteiger partial charge in [0.05, 0.1) is 31.1 Å². The van der Waals surface area contributed by atoms with Gasteiger partial charge in [-0.2, -0.15) is 0 Å². The predicted molar refractivity (Wildman–Crippen MR) is 67.2 cm³/mol. The van der Waals surface area contributed by atoms with Crippen molar-refractivity contribution in [2.24, 2.45) is 0 Å². The summed E-state index contributed by atoms with van der Waals surface area (Å²) < 4.78 is 5.26. The zero-order chi connectivity index (χ0) is 13.8. The minimum Gasteiger partial charge on any atom is -0.477 e. The fraction of sp³-hybridized carbons (Fsp3) is 0.417. The molecule has 0 spiro atoms. The molecule has 1 unspecified atom stereocenters. The minimum absolute atomic E-state index is 0.0139. The number of hydrogen-bond donors (Lipinski definition) is 2. The smallest absolute Gasteiger partial charge is 0.354 e. The van der Waals surface area contributed by atoms with Crippen LogP contribution in [0.15, 0.2) is 18.3 Å². The average Bonchev–Trinajstić information content (AvgIpc) is 2.39. The summed E-state index contributed by atoms with van der Waals surface area (Å²) in [5, 5.41) is 11.4. The molecule has 1 saturated heterocycles. The highest BCUT2D eigenvalue weighted by atomic mass is 16.5. The van der Waals surface area contributed by atoms with Crippen LogP contribution in [0.4, 0.5) is 10.5 Å². The van der Waals surface area contributed by atoms with Gasteiger partial charge >= 0.3 is 12.0 Å². The van der Waals surface area contributed by atoms with E-state index in [1.807, 2.05) is 6.92 Å². The number of nitrogens with one attached hydrogen (secondary N) is 1. The quantitative estimate of drug-likeness (QED) is 0.833. The number of ether oxygens (including phenoxy) is 1. The maximum Gasteiger partial charge on any atom is 0.354 e. The zero-order valence-electron chi connectivity index (χ0n) is 10.5. The van der Waals surface area contributed by atoms with Crippen molar-refractivity contribution in [2.45, 2.75) is 13.0 Å². The highest BCUT2D eigenvalue weighted by Gasteiger charge is 2.23. The first kappa shape index (κ1) is 13.3. The Bertz CT molecular complexity index is 474. The lowest BCUT2D eigenvalue weighted by atomic mass is 10.3. The molecule has 0 aromatic carbocycles. The average molecular weight is 265 g/mol. The van der Waals surface area contributed by atoms with Crippen molar-refractivity contribution in [1.82, 2.24) is 9.88 Å². The molecule has 1 aromatic rings. The SMILES string of the molecule is CC1COCCN1C(=O)Nc1ccc(C(=O)O)nc1. The number of carbonyl (C=O) groups is 2. The molecule has 19 heavy (non-hydrogen) atoms. The normalized spacial score (nSPS) is 19.0. The second-order valence-corrected chi connectivity index (χ2v) is 4.28. The maximum absolute atomic E-state index is 12.0. The Morgan fingerprint density at radius 1 is 1.53 bits per heavy atom. The van der Waals surface area contributed by atoms with Crippen LogP contribution in [0.3, 0.4) is 0 Å². The predicted octanol–water partition coefficient (Wildman–Crippen LogP) is 1.03. The molecule has 1 atom stereocenters. The Labute approximate surface area is 110 Å². The number of anilines is 1. The number of aromatic carboxylic acids is 1. The molecule has 2 rings (SSSR count). The first-order valence-electron chi connectivity index (χ1n) is 5.92. The molecule has 1 aliphatic rings. The number of aromatic nitrogens is 1. The van der Waals surface area contributed by atoms with E-state index in [4.69, 9.17) is 9.84 Å². The molecule has 1 aromatic heterocycles. The Kier molecular flexibility index (Phi) is 3.96. The van der Waals surface area contributed by atoms with E-state index in [1.54, 1.807) is 4.90 Å². The molecule has 0 saturated carbocycles. The van der Waals surface area contributed by atoms with Gasteiger partial charge in [-0.1, -0.05) is 0 Å². The Morgan fingerprint density at radius 2 is 2.32 bits per heavy atom. The summed E-state index contributed by atoms with van der Waals surface area (Å²) >= 11 is 0. The fourth-order valence-corrected chi connectivity index (χ4v) is 1.82. The van der Waals surface area contributed by atoms with Crippen molar-refractivity contribution in [3.05, 3.63) is 24.0 Å². The number of morpholine rings is 1. The second kappa shape index (κ2) is 5.66. The molecule has 0 bridgehead atoms. The molecule has 2 amide bonds. The van der Waals surface area contributed by atoms with E-state index in [9.17, 15) is 9.59 Å². The van der Waals surface area contributed by atoms with Gasteiger partial charge in [-0.25, -0.2) is 14.6 Å². The molecule has 2 N–H and O–H groups in total. The Morgan fingerprint density at radius 3 is 2.89 bits per heavy atom. The molecule has 7 heteroatoms. The van der Waals surface area contributed by atoms with Crippen molar-refractivity contribution >= 4 is 17.7 Å². The number of carboxylic acid groups (broad SMARTS) is 1. The molecule has 1 aliphatic heterocycles. The van der Waals surface area contributed by atoms with E-state index in [1.165, 1.54) is 18.3 Å². The number of nitrogens with zero attached hydrogens (tertiary/aromatic N) is 2. The summed E-state index contributed by atoms with van der Waals surface area (Å²) in [5.74, 6) is -1.10. The van der Waals surface area contributed by atoms with Gasteiger partial charge < -0.3 is 20.1 Å². The number of urea groups is 1. The van der Waals surface area contributed by atoms with Crippen LogP contribution in [-0.4, -0.2) is 52.8 Å². The van der Waals surface area contributed by atoms with Gasteiger partial charge in [0.1, 0.15) is 5.69 Å². The number of carboxylic acids is 1. The van der Waals surface area contributed by atoms with Crippen molar-refractivity contribution in [2.75, 3.05) is 25.1 Å². The largest absolute Gasteiger partial charge is 0.477 e. The van der Waals surface area contributed by atoms with Gasteiger partial charge in [0, 0.05) is 6.54 Å². The molecular formula is C12H15N3O4. The van der Waals surface area contributed by atoms with Gasteiger partial charge in [0.2, 0.25) is 0 Å². The third-order valence-corrected chi connectivity index (χ3v) is 2.86.